The molecule has 2 unspecified atom stereocenters. The third kappa shape index (κ3) is 5.37. The van der Waals surface area contributed by atoms with Gasteiger partial charge in [-0.25, -0.2) is 16.5 Å². The van der Waals surface area contributed by atoms with E-state index in [2.05, 4.69) is 39.2 Å². The van der Waals surface area contributed by atoms with Crippen molar-refractivity contribution in [3.63, 3.8) is 0 Å². The number of rotatable bonds is 4. The summed E-state index contributed by atoms with van der Waals surface area (Å²) in [6, 6.07) is 20.3. The molecule has 0 amide bonds. The molecule has 2 atom stereocenters. The minimum atomic E-state index is -5.10. The van der Waals surface area contributed by atoms with Crippen molar-refractivity contribution in [3.8, 4) is 57.3 Å². The average Bonchev–Trinajstić information content (AvgIpc) is 3.43. The molecule has 0 N–H and O–H groups in total. The van der Waals surface area contributed by atoms with Gasteiger partial charge in [-0.1, -0.05) is 25.3 Å². The van der Waals surface area contributed by atoms with Crippen molar-refractivity contribution in [2.45, 2.75) is 25.2 Å². The van der Waals surface area contributed by atoms with Gasteiger partial charge in [0.25, 0.3) is 11.6 Å². The maximum atomic E-state index is 13.9. The number of nitriles is 3. The first-order chi connectivity index (χ1) is 25.0. The van der Waals surface area contributed by atoms with Gasteiger partial charge in [0.1, 0.15) is 23.8 Å². The Labute approximate surface area is 292 Å². The van der Waals surface area contributed by atoms with Crippen LogP contribution in [0, 0.1) is 60.6 Å². The first-order valence-electron chi connectivity index (χ1n) is 15.0. The van der Waals surface area contributed by atoms with E-state index in [0.29, 0.717) is 44.4 Å². The van der Waals surface area contributed by atoms with E-state index in [9.17, 15) is 29.0 Å². The van der Waals surface area contributed by atoms with E-state index in [0.717, 1.165) is 5.56 Å². The van der Waals surface area contributed by atoms with Gasteiger partial charge in [-0.2, -0.15) is 15.8 Å². The van der Waals surface area contributed by atoms with E-state index in [1.165, 1.54) is 30.3 Å². The van der Waals surface area contributed by atoms with Crippen LogP contribution in [-0.4, -0.2) is 32.3 Å². The van der Waals surface area contributed by atoms with Gasteiger partial charge in [0, 0.05) is 5.56 Å². The van der Waals surface area contributed by atoms with Crippen LogP contribution in [0.3, 0.4) is 0 Å². The Bertz CT molecular complexity index is 2810. The summed E-state index contributed by atoms with van der Waals surface area (Å²) in [5.74, 6) is -1.74. The number of benzene rings is 4. The normalized spacial score (nSPS) is 13.4. The van der Waals surface area contributed by atoms with Crippen molar-refractivity contribution in [2.75, 3.05) is 0 Å². The lowest BCUT2D eigenvalue weighted by atomic mass is 9.87. The summed E-state index contributed by atoms with van der Waals surface area (Å²) in [5.41, 5.74) is 5.02. The summed E-state index contributed by atoms with van der Waals surface area (Å²) in [4.78, 5) is 27.0. The van der Waals surface area contributed by atoms with Crippen LogP contribution in [-0.2, 0) is 0 Å². The second-order valence-electron chi connectivity index (χ2n) is 11.6. The Morgan fingerprint density at radius 1 is 0.692 bits per heavy atom. The highest BCUT2D eigenvalue weighted by Gasteiger charge is 2.41. The first-order valence-corrected chi connectivity index (χ1v) is 15.0. The molecule has 0 saturated carbocycles. The molecule has 52 heavy (non-hydrogen) atoms. The standard InChI is InChI=1S/C38H15F3N10O/c1-18-9-25-23(12-21(18)19-5-8-28-30(10-19)51-37(47-4)36(46-3)50-28)24-13-22(20-6-7-27-29(11-20)49-32(16-43)31(15-42)48-27)34(52-38(39,40)41)14-26(24)35(25)33(17-44)45-2/h5-14,33,35H,1H3. The highest BCUT2D eigenvalue weighted by atomic mass is 19.4. The molecule has 11 nitrogen and oxygen atoms in total. The van der Waals surface area contributed by atoms with Crippen molar-refractivity contribution in [3.05, 3.63) is 123 Å². The molecule has 244 valence electrons. The van der Waals surface area contributed by atoms with E-state index in [4.69, 9.17) is 19.7 Å². The van der Waals surface area contributed by atoms with Crippen molar-refractivity contribution in [2.24, 2.45) is 0 Å². The SMILES string of the molecule is [C-]#[N+]c1nc2ccc(-c3cc4c(cc3C)C(C(C#N)[N+]#[C-])c3cc(OC(F)(F)F)c(-c5ccc6nc(C#N)c(C#N)nc6c5)cc3-4)cc2nc1[N+]#[C-]. The van der Waals surface area contributed by atoms with Crippen LogP contribution < -0.4 is 4.74 Å². The predicted molar refractivity (Wildman–Crippen MR) is 180 cm³/mol. The number of alkyl halides is 3. The Morgan fingerprint density at radius 3 is 1.77 bits per heavy atom. The molecule has 1 aliphatic carbocycles. The van der Waals surface area contributed by atoms with E-state index in [1.807, 2.05) is 19.1 Å². The molecule has 1 aliphatic rings. The Kier molecular flexibility index (Phi) is 7.66. The molecular formula is C38H15F3N10O. The quantitative estimate of drug-likeness (QED) is 0.167. The lowest BCUT2D eigenvalue weighted by Gasteiger charge is -2.17. The minimum Gasteiger partial charge on any atom is -0.405 e. The van der Waals surface area contributed by atoms with Gasteiger partial charge >= 0.3 is 12.4 Å². The number of hydrogen-bond donors (Lipinski definition) is 0. The lowest BCUT2D eigenvalue weighted by Crippen LogP contribution is -2.18. The van der Waals surface area contributed by atoms with Crippen LogP contribution >= 0.6 is 0 Å². The average molecular weight is 685 g/mol. The minimum absolute atomic E-state index is 0.0101. The summed E-state index contributed by atoms with van der Waals surface area (Å²) in [5, 5.41) is 28.8. The van der Waals surface area contributed by atoms with Crippen LogP contribution in [0.4, 0.5) is 24.8 Å². The van der Waals surface area contributed by atoms with Gasteiger partial charge in [0.15, 0.2) is 17.5 Å². The summed E-state index contributed by atoms with van der Waals surface area (Å²) in [6.07, 6.45) is -5.10. The topological polar surface area (TPSA) is 145 Å². The van der Waals surface area contributed by atoms with Crippen molar-refractivity contribution < 1.29 is 17.9 Å². The highest BCUT2D eigenvalue weighted by molar-refractivity contribution is 5.92. The fraction of sp³-hybridized carbons (Fsp3) is 0.105. The molecule has 14 heteroatoms. The molecule has 0 saturated heterocycles. The molecule has 6 aromatic rings. The molecule has 0 aliphatic heterocycles. The number of ether oxygens (including phenoxy) is 1. The zero-order valence-electron chi connectivity index (χ0n) is 26.4. The largest absolute Gasteiger partial charge is 0.573 e. The molecule has 0 spiro atoms. The highest BCUT2D eigenvalue weighted by Crippen LogP contribution is 2.53. The second kappa shape index (κ2) is 12.2. The van der Waals surface area contributed by atoms with Crippen LogP contribution in [0.1, 0.15) is 34.0 Å². The summed E-state index contributed by atoms with van der Waals surface area (Å²) in [7, 11) is 0. The maximum Gasteiger partial charge on any atom is 0.573 e. The fourth-order valence-corrected chi connectivity index (χ4v) is 6.47. The molecule has 0 fully saturated rings. The van der Waals surface area contributed by atoms with E-state index in [-0.39, 0.29) is 45.2 Å². The zero-order valence-corrected chi connectivity index (χ0v) is 26.4. The molecule has 0 bridgehead atoms. The molecule has 2 aromatic heterocycles. The molecule has 2 heterocycles. The van der Waals surface area contributed by atoms with Gasteiger partial charge in [0.2, 0.25) is 11.0 Å². The second-order valence-corrected chi connectivity index (χ2v) is 11.6. The van der Waals surface area contributed by atoms with Gasteiger partial charge in [-0.05, 0) is 100.0 Å². The van der Waals surface area contributed by atoms with Crippen LogP contribution in [0.25, 0.3) is 70.0 Å². The van der Waals surface area contributed by atoms with Gasteiger partial charge < -0.3 is 14.4 Å². The number of hydrogen-bond acceptors (Lipinski definition) is 8. The Hall–Kier alpha value is -7.91. The monoisotopic (exact) mass is 684 g/mol. The van der Waals surface area contributed by atoms with E-state index in [1.54, 1.807) is 36.4 Å². The number of nitrogens with zero attached hydrogens (tertiary/aromatic N) is 10. The predicted octanol–water partition coefficient (Wildman–Crippen LogP) is 8.88. The fourth-order valence-electron chi connectivity index (χ4n) is 6.47. The molecule has 0 radical (unpaired) electrons. The smallest absolute Gasteiger partial charge is 0.405 e. The number of aromatic nitrogens is 4. The molecular weight excluding hydrogens is 669 g/mol. The summed E-state index contributed by atoms with van der Waals surface area (Å²) < 4.78 is 46.3. The Balaban J connectivity index is 1.47. The zero-order chi connectivity index (χ0) is 36.9. The first kappa shape index (κ1) is 32.6. The third-order valence-corrected chi connectivity index (χ3v) is 8.66. The van der Waals surface area contributed by atoms with Crippen LogP contribution in [0.15, 0.2) is 60.7 Å². The van der Waals surface area contributed by atoms with Gasteiger partial charge in [-0.15, -0.1) is 23.1 Å². The van der Waals surface area contributed by atoms with Gasteiger partial charge in [-0.3, -0.25) is 4.85 Å². The van der Waals surface area contributed by atoms with Crippen LogP contribution in [0.5, 0.6) is 5.75 Å². The van der Waals surface area contributed by atoms with Crippen molar-refractivity contribution >= 4 is 33.7 Å². The van der Waals surface area contributed by atoms with Crippen molar-refractivity contribution in [1.29, 1.82) is 15.8 Å². The molecule has 7 rings (SSSR count). The van der Waals surface area contributed by atoms with Gasteiger partial charge in [0.05, 0.1) is 11.0 Å². The lowest BCUT2D eigenvalue weighted by molar-refractivity contribution is -0.274. The number of aryl methyl sites for hydroxylation is 1. The number of halogens is 3. The number of fused-ring (bicyclic) bond motifs is 5. The third-order valence-electron chi connectivity index (χ3n) is 8.66. The van der Waals surface area contributed by atoms with E-state index >= 15 is 0 Å². The summed E-state index contributed by atoms with van der Waals surface area (Å²) >= 11 is 0. The van der Waals surface area contributed by atoms with Crippen LogP contribution in [0.2, 0.25) is 0 Å². The maximum absolute atomic E-state index is 13.9. The van der Waals surface area contributed by atoms with Crippen molar-refractivity contribution in [1.82, 2.24) is 19.9 Å². The Morgan fingerprint density at radius 2 is 1.21 bits per heavy atom. The van der Waals surface area contributed by atoms with E-state index < -0.39 is 24.1 Å². The molecule has 4 aromatic carbocycles. The summed E-state index contributed by atoms with van der Waals surface area (Å²) in [6.45, 7) is 24.3.